The molecular formula is C25H28N2O3. The quantitative estimate of drug-likeness (QED) is 0.597. The molecule has 5 nitrogen and oxygen atoms in total. The van der Waals surface area contributed by atoms with Crippen LogP contribution in [0.15, 0.2) is 48.5 Å². The molecule has 0 unspecified atom stereocenters. The van der Waals surface area contributed by atoms with Gasteiger partial charge in [-0.2, -0.15) is 0 Å². The molecule has 1 saturated heterocycles. The van der Waals surface area contributed by atoms with Gasteiger partial charge in [0.25, 0.3) is 0 Å². The van der Waals surface area contributed by atoms with Crippen molar-refractivity contribution in [3.63, 3.8) is 0 Å². The third-order valence-electron chi connectivity index (χ3n) is 6.16. The summed E-state index contributed by atoms with van der Waals surface area (Å²) in [5, 5.41) is 0.855. The number of Topliss-reactive ketones (excluding diaryl/α,β-unsaturated/α-hetero) is 1. The van der Waals surface area contributed by atoms with Gasteiger partial charge in [-0.15, -0.1) is 0 Å². The number of amides is 1. The van der Waals surface area contributed by atoms with Gasteiger partial charge in [-0.1, -0.05) is 30.3 Å². The van der Waals surface area contributed by atoms with Crippen LogP contribution in [-0.4, -0.2) is 41.8 Å². The third-order valence-corrected chi connectivity index (χ3v) is 6.16. The number of aromatic amines is 1. The van der Waals surface area contributed by atoms with Gasteiger partial charge in [-0.3, -0.25) is 9.59 Å². The summed E-state index contributed by atoms with van der Waals surface area (Å²) in [5.74, 6) is 1.30. The molecule has 0 spiro atoms. The summed E-state index contributed by atoms with van der Waals surface area (Å²) in [5.41, 5.74) is 3.76. The molecule has 30 heavy (non-hydrogen) atoms. The Hall–Kier alpha value is -3.08. The van der Waals surface area contributed by atoms with E-state index in [-0.39, 0.29) is 24.5 Å². The minimum absolute atomic E-state index is 0.000440. The van der Waals surface area contributed by atoms with Crippen molar-refractivity contribution in [3.8, 4) is 5.75 Å². The summed E-state index contributed by atoms with van der Waals surface area (Å²) in [7, 11) is 1.61. The predicted molar refractivity (Wildman–Crippen MR) is 118 cm³/mol. The topological polar surface area (TPSA) is 62.4 Å². The van der Waals surface area contributed by atoms with E-state index in [9.17, 15) is 9.59 Å². The van der Waals surface area contributed by atoms with Crippen LogP contribution in [-0.2, 0) is 4.79 Å². The second-order valence-electron chi connectivity index (χ2n) is 8.03. The van der Waals surface area contributed by atoms with Gasteiger partial charge in [-0.25, -0.2) is 0 Å². The molecule has 0 aliphatic carbocycles. The fourth-order valence-corrected chi connectivity index (χ4v) is 4.48. The molecule has 1 fully saturated rings. The Morgan fingerprint density at radius 3 is 2.50 bits per heavy atom. The number of aryl methyl sites for hydroxylation is 1. The normalized spacial score (nSPS) is 14.8. The molecule has 1 N–H and O–H groups in total. The second kappa shape index (κ2) is 8.74. The minimum Gasteiger partial charge on any atom is -0.497 e. The molecule has 2 heterocycles. The first-order valence-electron chi connectivity index (χ1n) is 10.6. The molecule has 156 valence electrons. The van der Waals surface area contributed by atoms with E-state index >= 15 is 0 Å². The number of methoxy groups -OCH3 is 1. The number of hydrogen-bond acceptors (Lipinski definition) is 3. The van der Waals surface area contributed by atoms with Gasteiger partial charge in [0.05, 0.1) is 7.11 Å². The van der Waals surface area contributed by atoms with Gasteiger partial charge < -0.3 is 14.6 Å². The SMILES string of the molecule is COc1ccc2[nH]c(C)c(C(=O)CCC(=O)N3CCC(c4ccccc4)CC3)c2c1. The van der Waals surface area contributed by atoms with E-state index in [0.717, 1.165) is 42.5 Å². The average Bonchev–Trinajstić information content (AvgIpc) is 3.12. The number of aromatic nitrogens is 1. The fourth-order valence-electron chi connectivity index (χ4n) is 4.48. The molecule has 1 aliphatic rings. The highest BCUT2D eigenvalue weighted by Gasteiger charge is 2.25. The predicted octanol–water partition coefficient (Wildman–Crippen LogP) is 4.85. The minimum atomic E-state index is -0.000440. The lowest BCUT2D eigenvalue weighted by Gasteiger charge is -2.32. The van der Waals surface area contributed by atoms with Gasteiger partial charge in [0.15, 0.2) is 5.78 Å². The first-order chi connectivity index (χ1) is 14.6. The van der Waals surface area contributed by atoms with Crippen LogP contribution in [0.4, 0.5) is 0 Å². The largest absolute Gasteiger partial charge is 0.497 e. The van der Waals surface area contributed by atoms with Crippen LogP contribution >= 0.6 is 0 Å². The maximum Gasteiger partial charge on any atom is 0.223 e. The lowest BCUT2D eigenvalue weighted by molar-refractivity contribution is -0.132. The van der Waals surface area contributed by atoms with Crippen molar-refractivity contribution < 1.29 is 14.3 Å². The number of H-pyrrole nitrogens is 1. The summed E-state index contributed by atoms with van der Waals surface area (Å²) in [6.07, 6.45) is 2.43. The molecule has 3 aromatic rings. The number of nitrogens with zero attached hydrogens (tertiary/aromatic N) is 1. The number of ether oxygens (including phenoxy) is 1. The summed E-state index contributed by atoms with van der Waals surface area (Å²) < 4.78 is 5.30. The first-order valence-corrected chi connectivity index (χ1v) is 10.6. The van der Waals surface area contributed by atoms with Crippen molar-refractivity contribution in [3.05, 3.63) is 65.4 Å². The Labute approximate surface area is 177 Å². The van der Waals surface area contributed by atoms with E-state index in [1.54, 1.807) is 7.11 Å². The van der Waals surface area contributed by atoms with Gasteiger partial charge in [0.1, 0.15) is 5.75 Å². The van der Waals surface area contributed by atoms with Crippen molar-refractivity contribution in [1.29, 1.82) is 0 Å². The Kier molecular flexibility index (Phi) is 5.88. The summed E-state index contributed by atoms with van der Waals surface area (Å²) in [6, 6.07) is 16.2. The van der Waals surface area contributed by atoms with Crippen molar-refractivity contribution in [2.24, 2.45) is 0 Å². The van der Waals surface area contributed by atoms with Crippen LogP contribution in [0, 0.1) is 6.92 Å². The van der Waals surface area contributed by atoms with Crippen molar-refractivity contribution in [2.45, 2.75) is 38.5 Å². The Balaban J connectivity index is 1.36. The van der Waals surface area contributed by atoms with Gasteiger partial charge >= 0.3 is 0 Å². The number of carbonyl (C=O) groups excluding carboxylic acids is 2. The van der Waals surface area contributed by atoms with E-state index in [4.69, 9.17) is 4.74 Å². The zero-order valence-electron chi connectivity index (χ0n) is 17.6. The van der Waals surface area contributed by atoms with Crippen LogP contribution in [0.25, 0.3) is 10.9 Å². The maximum absolute atomic E-state index is 12.9. The number of rotatable bonds is 6. The first kappa shape index (κ1) is 20.2. The number of hydrogen-bond donors (Lipinski definition) is 1. The number of fused-ring (bicyclic) bond motifs is 1. The molecule has 2 aromatic carbocycles. The van der Waals surface area contributed by atoms with Crippen LogP contribution in [0.2, 0.25) is 0 Å². The van der Waals surface area contributed by atoms with E-state index in [1.165, 1.54) is 5.56 Å². The van der Waals surface area contributed by atoms with Crippen molar-refractivity contribution in [1.82, 2.24) is 9.88 Å². The molecule has 1 aromatic heterocycles. The zero-order valence-corrected chi connectivity index (χ0v) is 17.6. The molecule has 0 radical (unpaired) electrons. The molecule has 1 aliphatic heterocycles. The van der Waals surface area contributed by atoms with Crippen LogP contribution < -0.4 is 4.74 Å². The average molecular weight is 405 g/mol. The highest BCUT2D eigenvalue weighted by Crippen LogP contribution is 2.29. The molecule has 4 rings (SSSR count). The van der Waals surface area contributed by atoms with Gasteiger partial charge in [-0.05, 0) is 49.4 Å². The number of piperidine rings is 1. The Morgan fingerprint density at radius 1 is 1.07 bits per heavy atom. The molecule has 0 saturated carbocycles. The monoisotopic (exact) mass is 404 g/mol. The van der Waals surface area contributed by atoms with Crippen LogP contribution in [0.3, 0.4) is 0 Å². The van der Waals surface area contributed by atoms with E-state index in [1.807, 2.05) is 36.1 Å². The van der Waals surface area contributed by atoms with Crippen molar-refractivity contribution in [2.75, 3.05) is 20.2 Å². The number of carbonyl (C=O) groups is 2. The van der Waals surface area contributed by atoms with E-state index < -0.39 is 0 Å². The smallest absolute Gasteiger partial charge is 0.223 e. The summed E-state index contributed by atoms with van der Waals surface area (Å²) in [4.78, 5) is 30.8. The lowest BCUT2D eigenvalue weighted by atomic mass is 9.89. The summed E-state index contributed by atoms with van der Waals surface area (Å²) in [6.45, 7) is 3.42. The fraction of sp³-hybridized carbons (Fsp3) is 0.360. The number of ketones is 1. The molecule has 0 bridgehead atoms. The standard InChI is InChI=1S/C25H28N2O3/c1-17-25(21-16-20(30-2)8-9-22(21)26-17)23(28)10-11-24(29)27-14-12-19(13-15-27)18-6-4-3-5-7-18/h3-9,16,19,26H,10-15H2,1-2H3. The molecular weight excluding hydrogens is 376 g/mol. The van der Waals surface area contributed by atoms with E-state index in [2.05, 4.69) is 29.2 Å². The molecule has 1 amide bonds. The van der Waals surface area contributed by atoms with E-state index in [0.29, 0.717) is 17.2 Å². The maximum atomic E-state index is 12.9. The van der Waals surface area contributed by atoms with Crippen LogP contribution in [0.5, 0.6) is 5.75 Å². The molecule has 5 heteroatoms. The zero-order chi connectivity index (χ0) is 21.1. The highest BCUT2D eigenvalue weighted by molar-refractivity contribution is 6.10. The summed E-state index contributed by atoms with van der Waals surface area (Å²) >= 11 is 0. The third kappa shape index (κ3) is 4.11. The number of benzene rings is 2. The highest BCUT2D eigenvalue weighted by atomic mass is 16.5. The van der Waals surface area contributed by atoms with Gasteiger partial charge in [0, 0.05) is 48.1 Å². The number of nitrogens with one attached hydrogen (secondary N) is 1. The number of likely N-dealkylation sites (tertiary alicyclic amines) is 1. The Morgan fingerprint density at radius 2 is 1.80 bits per heavy atom. The van der Waals surface area contributed by atoms with Crippen molar-refractivity contribution >= 4 is 22.6 Å². The Bertz CT molecular complexity index is 1050. The molecule has 0 atom stereocenters. The second-order valence-corrected chi connectivity index (χ2v) is 8.03. The van der Waals surface area contributed by atoms with Gasteiger partial charge in [0.2, 0.25) is 5.91 Å². The lowest BCUT2D eigenvalue weighted by Crippen LogP contribution is -2.38. The van der Waals surface area contributed by atoms with Crippen LogP contribution in [0.1, 0.15) is 53.2 Å².